The fraction of sp³-hybridized carbons (Fsp3) is 0. The maximum Gasteiger partial charge on any atom is 0.294 e. The topological polar surface area (TPSA) is 144 Å². The van der Waals surface area contributed by atoms with E-state index in [0.29, 0.717) is 21.9 Å². The van der Waals surface area contributed by atoms with Crippen molar-refractivity contribution in [1.82, 2.24) is 9.38 Å². The lowest BCUT2D eigenvalue weighted by Crippen LogP contribution is -2.14. The van der Waals surface area contributed by atoms with Crippen LogP contribution in [-0.2, 0) is 10.1 Å². The van der Waals surface area contributed by atoms with Crippen LogP contribution in [0.15, 0.2) is 69.7 Å². The number of nitro benzene ring substituents is 1. The standard InChI is InChI=1S/C18H12N4O6S2/c23-17-9-16(19-12-4-6-14(7-5-12)30(26,27)28)20-18-21(17)15(10-29-18)11-2-1-3-13(8-11)22(24)25/h1-10,19H,(H,26,27,28). The molecule has 0 aliphatic carbocycles. The Bertz CT molecular complexity index is 1440. The fourth-order valence-corrected chi connectivity index (χ4v) is 4.20. The monoisotopic (exact) mass is 444 g/mol. The Kier molecular flexibility index (Phi) is 4.81. The minimum Gasteiger partial charge on any atom is -0.340 e. The molecule has 0 fully saturated rings. The maximum absolute atomic E-state index is 12.7. The number of benzene rings is 2. The highest BCUT2D eigenvalue weighted by Crippen LogP contribution is 2.28. The number of non-ortho nitro benzene ring substituents is 1. The van der Waals surface area contributed by atoms with Crippen molar-refractivity contribution in [3.05, 3.63) is 80.4 Å². The third-order valence-electron chi connectivity index (χ3n) is 4.18. The number of thiazole rings is 1. The molecule has 0 saturated carbocycles. The Hall–Kier alpha value is -3.61. The molecule has 0 bridgehead atoms. The van der Waals surface area contributed by atoms with E-state index >= 15 is 0 Å². The van der Waals surface area contributed by atoms with E-state index in [9.17, 15) is 23.3 Å². The van der Waals surface area contributed by atoms with Crippen LogP contribution in [0.5, 0.6) is 0 Å². The highest BCUT2D eigenvalue weighted by Gasteiger charge is 2.14. The van der Waals surface area contributed by atoms with Crippen LogP contribution >= 0.6 is 11.3 Å². The summed E-state index contributed by atoms with van der Waals surface area (Å²) in [5.74, 6) is 0.243. The van der Waals surface area contributed by atoms with Crippen LogP contribution in [-0.4, -0.2) is 27.3 Å². The highest BCUT2D eigenvalue weighted by atomic mass is 32.2. The zero-order chi connectivity index (χ0) is 21.5. The number of anilines is 2. The van der Waals surface area contributed by atoms with E-state index in [2.05, 4.69) is 10.3 Å². The second kappa shape index (κ2) is 7.33. The van der Waals surface area contributed by atoms with Gasteiger partial charge >= 0.3 is 0 Å². The SMILES string of the molecule is O=c1cc(Nc2ccc(S(=O)(=O)O)cc2)nc2scc(-c3cccc([N+](=O)[O-])c3)n12. The molecule has 0 unspecified atom stereocenters. The van der Waals surface area contributed by atoms with Gasteiger partial charge in [0.1, 0.15) is 5.82 Å². The summed E-state index contributed by atoms with van der Waals surface area (Å²) in [7, 11) is -4.30. The molecule has 4 rings (SSSR count). The summed E-state index contributed by atoms with van der Waals surface area (Å²) in [5.41, 5.74) is 0.995. The van der Waals surface area contributed by atoms with Gasteiger partial charge in [-0.1, -0.05) is 12.1 Å². The average Bonchev–Trinajstić information content (AvgIpc) is 3.12. The third kappa shape index (κ3) is 3.78. The zero-order valence-corrected chi connectivity index (χ0v) is 16.6. The second-order valence-corrected chi connectivity index (χ2v) is 8.41. The Morgan fingerprint density at radius 3 is 2.53 bits per heavy atom. The van der Waals surface area contributed by atoms with Gasteiger partial charge < -0.3 is 5.32 Å². The average molecular weight is 444 g/mol. The summed E-state index contributed by atoms with van der Waals surface area (Å²) in [5, 5.41) is 15.6. The number of nitro groups is 1. The molecule has 2 heterocycles. The Morgan fingerprint density at radius 1 is 1.13 bits per heavy atom. The number of nitrogens with zero attached hydrogens (tertiary/aromatic N) is 3. The Morgan fingerprint density at radius 2 is 1.87 bits per heavy atom. The smallest absolute Gasteiger partial charge is 0.294 e. The summed E-state index contributed by atoms with van der Waals surface area (Å²) >= 11 is 1.20. The lowest BCUT2D eigenvalue weighted by Gasteiger charge is -2.07. The molecular weight excluding hydrogens is 432 g/mol. The van der Waals surface area contributed by atoms with Crippen molar-refractivity contribution in [1.29, 1.82) is 0 Å². The highest BCUT2D eigenvalue weighted by molar-refractivity contribution is 7.85. The maximum atomic E-state index is 12.7. The molecule has 0 aliphatic rings. The van der Waals surface area contributed by atoms with Crippen molar-refractivity contribution in [2.45, 2.75) is 4.90 Å². The van der Waals surface area contributed by atoms with E-state index in [0.717, 1.165) is 0 Å². The number of aromatic nitrogens is 2. The van der Waals surface area contributed by atoms with Crippen molar-refractivity contribution >= 4 is 43.6 Å². The summed E-state index contributed by atoms with van der Waals surface area (Å²) in [6.45, 7) is 0. The van der Waals surface area contributed by atoms with Crippen LogP contribution in [0.2, 0.25) is 0 Å². The van der Waals surface area contributed by atoms with Gasteiger partial charge in [-0.3, -0.25) is 23.9 Å². The van der Waals surface area contributed by atoms with Crippen molar-refractivity contribution in [3.63, 3.8) is 0 Å². The summed E-state index contributed by atoms with van der Waals surface area (Å²) in [6.07, 6.45) is 0. The molecular formula is C18H12N4O6S2. The van der Waals surface area contributed by atoms with Crippen molar-refractivity contribution in [2.75, 3.05) is 5.32 Å². The van der Waals surface area contributed by atoms with E-state index in [4.69, 9.17) is 4.55 Å². The predicted octanol–water partition coefficient (Wildman–Crippen LogP) is 3.32. The van der Waals surface area contributed by atoms with E-state index in [1.807, 2.05) is 0 Å². The van der Waals surface area contributed by atoms with Crippen LogP contribution < -0.4 is 10.9 Å². The molecule has 0 radical (unpaired) electrons. The van der Waals surface area contributed by atoms with Gasteiger partial charge in [-0.25, -0.2) is 4.98 Å². The molecule has 0 saturated heterocycles. The van der Waals surface area contributed by atoms with Gasteiger partial charge in [-0.15, -0.1) is 11.3 Å². The molecule has 2 aromatic heterocycles. The predicted molar refractivity (Wildman–Crippen MR) is 111 cm³/mol. The molecule has 2 aromatic carbocycles. The summed E-state index contributed by atoms with van der Waals surface area (Å²) in [4.78, 5) is 27.7. The minimum atomic E-state index is -4.30. The molecule has 0 amide bonds. The first-order valence-corrected chi connectivity index (χ1v) is 10.6. The lowest BCUT2D eigenvalue weighted by molar-refractivity contribution is -0.384. The van der Waals surface area contributed by atoms with E-state index in [1.165, 1.54) is 58.2 Å². The lowest BCUT2D eigenvalue weighted by atomic mass is 10.1. The second-order valence-electron chi connectivity index (χ2n) is 6.15. The molecule has 10 nitrogen and oxygen atoms in total. The summed E-state index contributed by atoms with van der Waals surface area (Å²) < 4.78 is 32.6. The molecule has 0 aliphatic heterocycles. The normalized spacial score (nSPS) is 11.5. The molecule has 0 spiro atoms. The first-order chi connectivity index (χ1) is 14.2. The van der Waals surface area contributed by atoms with Gasteiger partial charge in [0, 0.05) is 34.8 Å². The molecule has 152 valence electrons. The number of hydrogen-bond donors (Lipinski definition) is 2. The van der Waals surface area contributed by atoms with Crippen LogP contribution in [0.1, 0.15) is 0 Å². The van der Waals surface area contributed by atoms with Crippen molar-refractivity contribution in [3.8, 4) is 11.3 Å². The van der Waals surface area contributed by atoms with Crippen LogP contribution in [0, 0.1) is 10.1 Å². The molecule has 12 heteroatoms. The van der Waals surface area contributed by atoms with Gasteiger partial charge in [0.2, 0.25) is 0 Å². The number of rotatable bonds is 5. The molecule has 0 atom stereocenters. The number of hydrogen-bond acceptors (Lipinski definition) is 8. The van der Waals surface area contributed by atoms with Gasteiger partial charge in [0.25, 0.3) is 21.4 Å². The van der Waals surface area contributed by atoms with E-state index in [-0.39, 0.29) is 22.0 Å². The summed E-state index contributed by atoms with van der Waals surface area (Å²) in [6, 6.07) is 12.5. The molecule has 30 heavy (non-hydrogen) atoms. The zero-order valence-electron chi connectivity index (χ0n) is 14.9. The largest absolute Gasteiger partial charge is 0.340 e. The number of fused-ring (bicyclic) bond motifs is 1. The van der Waals surface area contributed by atoms with Gasteiger partial charge in [0.15, 0.2) is 4.96 Å². The Balaban J connectivity index is 1.70. The van der Waals surface area contributed by atoms with Crippen molar-refractivity contribution in [2.24, 2.45) is 0 Å². The fourth-order valence-electron chi connectivity index (χ4n) is 2.82. The Labute approximate surface area is 173 Å². The number of nitrogens with one attached hydrogen (secondary N) is 1. The van der Waals surface area contributed by atoms with Crippen LogP contribution in [0.3, 0.4) is 0 Å². The quantitative estimate of drug-likeness (QED) is 0.271. The van der Waals surface area contributed by atoms with Crippen molar-refractivity contribution < 1.29 is 17.9 Å². The first kappa shape index (κ1) is 19.7. The minimum absolute atomic E-state index is 0.0838. The van der Waals surface area contributed by atoms with E-state index in [1.54, 1.807) is 17.5 Å². The third-order valence-corrected chi connectivity index (χ3v) is 5.88. The van der Waals surface area contributed by atoms with Crippen LogP contribution in [0.25, 0.3) is 16.2 Å². The van der Waals surface area contributed by atoms with Gasteiger partial charge in [-0.2, -0.15) is 8.42 Å². The first-order valence-electron chi connectivity index (χ1n) is 8.33. The van der Waals surface area contributed by atoms with Gasteiger partial charge in [-0.05, 0) is 24.3 Å². The molecule has 2 N–H and O–H groups in total. The van der Waals surface area contributed by atoms with Gasteiger partial charge in [0.05, 0.1) is 15.5 Å². The van der Waals surface area contributed by atoms with Crippen LogP contribution in [0.4, 0.5) is 17.2 Å². The van der Waals surface area contributed by atoms with E-state index < -0.39 is 15.0 Å². The molecule has 4 aromatic rings.